The Labute approximate surface area is 70.0 Å². The van der Waals surface area contributed by atoms with Crippen LogP contribution in [0.1, 0.15) is 6.92 Å². The van der Waals surface area contributed by atoms with Gasteiger partial charge in [-0.3, -0.25) is 0 Å². The lowest BCUT2D eigenvalue weighted by Crippen LogP contribution is -2.32. The number of hydrogen-bond acceptors (Lipinski definition) is 5. The van der Waals surface area contributed by atoms with E-state index in [2.05, 4.69) is 10.2 Å². The molecule has 0 amide bonds. The fourth-order valence-corrected chi connectivity index (χ4v) is 1.38. The number of nitrogens with two attached hydrogens (primary N) is 1. The van der Waals surface area contributed by atoms with Gasteiger partial charge in [0.2, 0.25) is 5.13 Å². The summed E-state index contributed by atoms with van der Waals surface area (Å²) in [5.41, 5.74) is 7.33. The topological polar surface area (TPSA) is 55.0 Å². The zero-order valence-corrected chi connectivity index (χ0v) is 7.51. The summed E-state index contributed by atoms with van der Waals surface area (Å²) in [4.78, 5) is 2.00. The SMILES string of the molecule is CC(N)CN(C)c1nncs1. The number of aromatic nitrogens is 2. The molecule has 0 aliphatic carbocycles. The van der Waals surface area contributed by atoms with Gasteiger partial charge in [0.25, 0.3) is 0 Å². The zero-order chi connectivity index (χ0) is 8.27. The van der Waals surface area contributed by atoms with Crippen LogP contribution in [0.4, 0.5) is 5.13 Å². The van der Waals surface area contributed by atoms with E-state index < -0.39 is 0 Å². The molecule has 0 aliphatic heterocycles. The Morgan fingerprint density at radius 1 is 1.82 bits per heavy atom. The lowest BCUT2D eigenvalue weighted by atomic mass is 10.3. The van der Waals surface area contributed by atoms with Gasteiger partial charge in [-0.1, -0.05) is 11.3 Å². The van der Waals surface area contributed by atoms with E-state index in [0.717, 1.165) is 11.7 Å². The molecule has 0 spiro atoms. The van der Waals surface area contributed by atoms with Crippen molar-refractivity contribution in [1.29, 1.82) is 0 Å². The number of rotatable bonds is 3. The highest BCUT2D eigenvalue weighted by Gasteiger charge is 2.05. The van der Waals surface area contributed by atoms with E-state index in [1.165, 1.54) is 11.3 Å². The standard InChI is InChI=1S/C6H12N4S/c1-5(7)3-10(2)6-9-8-4-11-6/h4-5H,3,7H2,1-2H3. The molecule has 62 valence electrons. The predicted molar refractivity (Wildman–Crippen MR) is 46.8 cm³/mol. The first-order chi connectivity index (χ1) is 5.20. The van der Waals surface area contributed by atoms with Crippen molar-refractivity contribution in [3.05, 3.63) is 5.51 Å². The molecule has 1 unspecified atom stereocenters. The second-order valence-corrected chi connectivity index (χ2v) is 3.39. The third-order valence-electron chi connectivity index (χ3n) is 1.24. The number of anilines is 1. The summed E-state index contributed by atoms with van der Waals surface area (Å²) in [7, 11) is 1.96. The van der Waals surface area contributed by atoms with Crippen LogP contribution in [-0.2, 0) is 0 Å². The second kappa shape index (κ2) is 3.64. The molecular formula is C6H12N4S. The second-order valence-electron chi connectivity index (χ2n) is 2.58. The van der Waals surface area contributed by atoms with Crippen molar-refractivity contribution < 1.29 is 0 Å². The zero-order valence-electron chi connectivity index (χ0n) is 6.69. The van der Waals surface area contributed by atoms with E-state index in [1.807, 2.05) is 18.9 Å². The van der Waals surface area contributed by atoms with Gasteiger partial charge >= 0.3 is 0 Å². The van der Waals surface area contributed by atoms with Crippen LogP contribution in [0.15, 0.2) is 5.51 Å². The van der Waals surface area contributed by atoms with Gasteiger partial charge in [-0.2, -0.15) is 0 Å². The highest BCUT2D eigenvalue weighted by molar-refractivity contribution is 7.13. The minimum atomic E-state index is 0.170. The van der Waals surface area contributed by atoms with Crippen molar-refractivity contribution in [2.75, 3.05) is 18.5 Å². The average Bonchev–Trinajstić information content (AvgIpc) is 2.35. The Balaban J connectivity index is 2.49. The fraction of sp³-hybridized carbons (Fsp3) is 0.667. The van der Waals surface area contributed by atoms with Gasteiger partial charge in [0.05, 0.1) is 0 Å². The van der Waals surface area contributed by atoms with E-state index in [0.29, 0.717) is 0 Å². The number of hydrogen-bond donors (Lipinski definition) is 1. The Morgan fingerprint density at radius 3 is 3.00 bits per heavy atom. The first-order valence-corrected chi connectivity index (χ1v) is 4.31. The van der Waals surface area contributed by atoms with E-state index in [4.69, 9.17) is 5.73 Å². The van der Waals surface area contributed by atoms with Crippen LogP contribution in [0.5, 0.6) is 0 Å². The Hall–Kier alpha value is -0.680. The molecule has 0 saturated heterocycles. The molecule has 0 saturated carbocycles. The van der Waals surface area contributed by atoms with E-state index in [-0.39, 0.29) is 6.04 Å². The smallest absolute Gasteiger partial charge is 0.207 e. The third kappa shape index (κ3) is 2.44. The van der Waals surface area contributed by atoms with Crippen LogP contribution in [-0.4, -0.2) is 29.8 Å². The van der Waals surface area contributed by atoms with Gasteiger partial charge in [0.1, 0.15) is 5.51 Å². The number of likely N-dealkylation sites (N-methyl/N-ethyl adjacent to an activating group) is 1. The molecule has 0 aliphatic rings. The lowest BCUT2D eigenvalue weighted by molar-refractivity contribution is 0.713. The van der Waals surface area contributed by atoms with Gasteiger partial charge < -0.3 is 10.6 Å². The predicted octanol–water partition coefficient (Wildman–Crippen LogP) is 0.321. The van der Waals surface area contributed by atoms with Gasteiger partial charge in [-0.05, 0) is 6.92 Å². The molecule has 4 nitrogen and oxygen atoms in total. The minimum absolute atomic E-state index is 0.170. The van der Waals surface area contributed by atoms with Crippen molar-refractivity contribution in [3.63, 3.8) is 0 Å². The maximum atomic E-state index is 5.61. The first-order valence-electron chi connectivity index (χ1n) is 3.43. The van der Waals surface area contributed by atoms with E-state index in [1.54, 1.807) is 5.51 Å². The van der Waals surface area contributed by atoms with Gasteiger partial charge in [-0.25, -0.2) is 0 Å². The number of nitrogens with zero attached hydrogens (tertiary/aromatic N) is 3. The largest absolute Gasteiger partial charge is 0.348 e. The molecule has 5 heteroatoms. The van der Waals surface area contributed by atoms with Crippen molar-refractivity contribution in [2.24, 2.45) is 5.73 Å². The summed E-state index contributed by atoms with van der Waals surface area (Å²) >= 11 is 1.52. The summed E-state index contributed by atoms with van der Waals surface area (Å²) in [6.45, 7) is 2.78. The van der Waals surface area contributed by atoms with Crippen molar-refractivity contribution in [2.45, 2.75) is 13.0 Å². The summed E-state index contributed by atoms with van der Waals surface area (Å²) in [6.07, 6.45) is 0. The fourth-order valence-electron chi connectivity index (χ4n) is 0.844. The summed E-state index contributed by atoms with van der Waals surface area (Å²) < 4.78 is 0. The molecule has 1 heterocycles. The van der Waals surface area contributed by atoms with Crippen LogP contribution in [0, 0.1) is 0 Å². The van der Waals surface area contributed by atoms with E-state index in [9.17, 15) is 0 Å². The monoisotopic (exact) mass is 172 g/mol. The Morgan fingerprint density at radius 2 is 2.55 bits per heavy atom. The molecule has 1 rings (SSSR count). The Kier molecular flexibility index (Phi) is 2.78. The van der Waals surface area contributed by atoms with Crippen LogP contribution in [0.2, 0.25) is 0 Å². The van der Waals surface area contributed by atoms with Crippen molar-refractivity contribution >= 4 is 16.5 Å². The highest BCUT2D eigenvalue weighted by atomic mass is 32.1. The molecule has 1 aromatic heterocycles. The summed E-state index contributed by atoms with van der Waals surface area (Å²) in [5, 5.41) is 8.56. The Bertz CT molecular complexity index is 196. The van der Waals surface area contributed by atoms with Crippen LogP contribution < -0.4 is 10.6 Å². The van der Waals surface area contributed by atoms with Crippen molar-refractivity contribution in [1.82, 2.24) is 10.2 Å². The molecule has 2 N–H and O–H groups in total. The quantitative estimate of drug-likeness (QED) is 0.713. The van der Waals surface area contributed by atoms with Crippen LogP contribution in [0.25, 0.3) is 0 Å². The highest BCUT2D eigenvalue weighted by Crippen LogP contribution is 2.12. The molecule has 0 bridgehead atoms. The first kappa shape index (κ1) is 8.42. The van der Waals surface area contributed by atoms with Gasteiger partial charge in [-0.15, -0.1) is 10.2 Å². The molecule has 0 aromatic carbocycles. The van der Waals surface area contributed by atoms with Crippen LogP contribution in [0.3, 0.4) is 0 Å². The molecule has 0 fully saturated rings. The average molecular weight is 172 g/mol. The normalized spacial score (nSPS) is 13.0. The maximum Gasteiger partial charge on any atom is 0.207 e. The summed E-state index contributed by atoms with van der Waals surface area (Å²) in [5.74, 6) is 0. The van der Waals surface area contributed by atoms with Crippen LogP contribution >= 0.6 is 11.3 Å². The molecule has 11 heavy (non-hydrogen) atoms. The molecular weight excluding hydrogens is 160 g/mol. The minimum Gasteiger partial charge on any atom is -0.348 e. The van der Waals surface area contributed by atoms with E-state index >= 15 is 0 Å². The maximum absolute atomic E-state index is 5.61. The third-order valence-corrected chi connectivity index (χ3v) is 2.04. The summed E-state index contributed by atoms with van der Waals surface area (Å²) in [6, 6.07) is 0.170. The van der Waals surface area contributed by atoms with Gasteiger partial charge in [0, 0.05) is 19.6 Å². The molecule has 1 aromatic rings. The molecule has 0 radical (unpaired) electrons. The van der Waals surface area contributed by atoms with Gasteiger partial charge in [0.15, 0.2) is 0 Å². The lowest BCUT2D eigenvalue weighted by Gasteiger charge is -2.16. The molecule has 1 atom stereocenters. The van der Waals surface area contributed by atoms with Crippen molar-refractivity contribution in [3.8, 4) is 0 Å².